The molecule has 0 radical (unpaired) electrons. The van der Waals surface area contributed by atoms with Crippen molar-refractivity contribution in [3.63, 3.8) is 0 Å². The zero-order valence-corrected chi connectivity index (χ0v) is 13.1. The maximum Gasteiger partial charge on any atom is 0.337 e. The Kier molecular flexibility index (Phi) is 3.99. The average molecular weight is 326 g/mol. The van der Waals surface area contributed by atoms with Crippen molar-refractivity contribution in [1.29, 1.82) is 0 Å². The average Bonchev–Trinajstić information content (AvgIpc) is 2.89. The van der Waals surface area contributed by atoms with E-state index in [1.807, 2.05) is 19.9 Å². The van der Waals surface area contributed by atoms with E-state index in [1.54, 1.807) is 23.1 Å². The third-order valence-electron chi connectivity index (χ3n) is 3.55. The highest BCUT2D eigenvalue weighted by atomic mass is 19.1. The molecule has 24 heavy (non-hydrogen) atoms. The Hall–Kier alpha value is -3.22. The first-order valence-electron chi connectivity index (χ1n) is 7.23. The summed E-state index contributed by atoms with van der Waals surface area (Å²) in [5, 5.41) is 16.7. The van der Waals surface area contributed by atoms with Crippen LogP contribution in [0.25, 0.3) is 5.69 Å². The molecule has 7 heteroatoms. The fourth-order valence-electron chi connectivity index (χ4n) is 2.39. The smallest absolute Gasteiger partial charge is 0.337 e. The molecule has 6 nitrogen and oxygen atoms in total. The normalized spacial score (nSPS) is 10.6. The Balaban J connectivity index is 2.07. The highest BCUT2D eigenvalue weighted by molar-refractivity contribution is 5.95. The Bertz CT molecular complexity index is 921. The number of anilines is 2. The van der Waals surface area contributed by atoms with Gasteiger partial charge in [0.1, 0.15) is 11.6 Å². The standard InChI is InChI=1S/C17H15FN4O2/c1-10-5-6-19-9-15(10)22-16(7-11(2)21-22)20-14-4-3-12(18)8-13(14)17(23)24/h3-9,20H,1-2H3,(H,23,24). The monoisotopic (exact) mass is 326 g/mol. The molecule has 3 rings (SSSR count). The lowest BCUT2D eigenvalue weighted by Crippen LogP contribution is -2.08. The van der Waals surface area contributed by atoms with E-state index < -0.39 is 11.8 Å². The zero-order valence-electron chi connectivity index (χ0n) is 13.1. The summed E-state index contributed by atoms with van der Waals surface area (Å²) in [5.74, 6) is -1.25. The second-order valence-corrected chi connectivity index (χ2v) is 5.36. The molecule has 0 amide bonds. The summed E-state index contributed by atoms with van der Waals surface area (Å²) in [7, 11) is 0. The maximum absolute atomic E-state index is 13.3. The third-order valence-corrected chi connectivity index (χ3v) is 3.55. The van der Waals surface area contributed by atoms with Crippen molar-refractivity contribution in [2.45, 2.75) is 13.8 Å². The quantitative estimate of drug-likeness (QED) is 0.767. The number of rotatable bonds is 4. The van der Waals surface area contributed by atoms with E-state index in [0.717, 1.165) is 23.0 Å². The van der Waals surface area contributed by atoms with Gasteiger partial charge in [-0.05, 0) is 43.7 Å². The van der Waals surface area contributed by atoms with Crippen molar-refractivity contribution in [2.24, 2.45) is 0 Å². The molecule has 0 aliphatic carbocycles. The minimum Gasteiger partial charge on any atom is -0.478 e. The summed E-state index contributed by atoms with van der Waals surface area (Å²) in [6, 6.07) is 7.21. The molecule has 122 valence electrons. The molecule has 0 atom stereocenters. The Morgan fingerprint density at radius 2 is 2.04 bits per heavy atom. The van der Waals surface area contributed by atoms with Gasteiger partial charge >= 0.3 is 5.97 Å². The highest BCUT2D eigenvalue weighted by Gasteiger charge is 2.15. The first-order chi connectivity index (χ1) is 11.5. The summed E-state index contributed by atoms with van der Waals surface area (Å²) >= 11 is 0. The molecule has 0 aliphatic rings. The number of benzene rings is 1. The summed E-state index contributed by atoms with van der Waals surface area (Å²) in [6.45, 7) is 3.76. The van der Waals surface area contributed by atoms with Crippen LogP contribution in [-0.2, 0) is 0 Å². The Labute approximate surface area is 137 Å². The van der Waals surface area contributed by atoms with Crippen molar-refractivity contribution in [2.75, 3.05) is 5.32 Å². The number of aryl methyl sites for hydroxylation is 2. The summed E-state index contributed by atoms with van der Waals surface area (Å²) in [4.78, 5) is 15.4. The van der Waals surface area contributed by atoms with Crippen molar-refractivity contribution in [3.8, 4) is 5.69 Å². The number of nitrogens with zero attached hydrogens (tertiary/aromatic N) is 3. The minimum absolute atomic E-state index is 0.150. The van der Waals surface area contributed by atoms with E-state index in [0.29, 0.717) is 5.82 Å². The van der Waals surface area contributed by atoms with E-state index in [1.165, 1.54) is 12.1 Å². The number of carboxylic acids is 1. The maximum atomic E-state index is 13.3. The second kappa shape index (κ2) is 6.11. The molecule has 0 bridgehead atoms. The van der Waals surface area contributed by atoms with Crippen LogP contribution < -0.4 is 5.32 Å². The van der Waals surface area contributed by atoms with Gasteiger partial charge in [0.25, 0.3) is 0 Å². The minimum atomic E-state index is -1.21. The van der Waals surface area contributed by atoms with Crippen molar-refractivity contribution in [1.82, 2.24) is 14.8 Å². The van der Waals surface area contributed by atoms with Crippen molar-refractivity contribution < 1.29 is 14.3 Å². The summed E-state index contributed by atoms with van der Waals surface area (Å²) in [6.07, 6.45) is 3.36. The van der Waals surface area contributed by atoms with Crippen LogP contribution in [0.4, 0.5) is 15.9 Å². The van der Waals surface area contributed by atoms with Gasteiger partial charge in [0.15, 0.2) is 0 Å². The predicted molar refractivity (Wildman–Crippen MR) is 87.5 cm³/mol. The molecule has 2 aromatic heterocycles. The Morgan fingerprint density at radius 3 is 2.75 bits per heavy atom. The number of pyridine rings is 1. The van der Waals surface area contributed by atoms with Gasteiger partial charge in [-0.15, -0.1) is 0 Å². The van der Waals surface area contributed by atoms with Crippen LogP contribution in [0.1, 0.15) is 21.6 Å². The van der Waals surface area contributed by atoms with Gasteiger partial charge in [-0.2, -0.15) is 5.10 Å². The van der Waals surface area contributed by atoms with E-state index in [4.69, 9.17) is 0 Å². The SMILES string of the molecule is Cc1cc(Nc2ccc(F)cc2C(=O)O)n(-c2cnccc2C)n1. The topological polar surface area (TPSA) is 80.0 Å². The van der Waals surface area contributed by atoms with Crippen LogP contribution in [0.5, 0.6) is 0 Å². The number of hydrogen-bond donors (Lipinski definition) is 2. The fraction of sp³-hybridized carbons (Fsp3) is 0.118. The van der Waals surface area contributed by atoms with Gasteiger partial charge in [0, 0.05) is 12.3 Å². The summed E-state index contributed by atoms with van der Waals surface area (Å²) in [5.41, 5.74) is 2.62. The van der Waals surface area contributed by atoms with Crippen LogP contribution in [0.2, 0.25) is 0 Å². The van der Waals surface area contributed by atoms with Crippen molar-refractivity contribution in [3.05, 3.63) is 65.4 Å². The second-order valence-electron chi connectivity index (χ2n) is 5.36. The number of carboxylic acid groups (broad SMARTS) is 1. The Morgan fingerprint density at radius 1 is 1.25 bits per heavy atom. The molecule has 2 heterocycles. The van der Waals surface area contributed by atoms with Crippen LogP contribution in [0.15, 0.2) is 42.7 Å². The van der Waals surface area contributed by atoms with Gasteiger partial charge in [-0.25, -0.2) is 13.9 Å². The zero-order chi connectivity index (χ0) is 17.3. The number of carbonyl (C=O) groups is 1. The number of aromatic nitrogens is 3. The van der Waals surface area contributed by atoms with E-state index >= 15 is 0 Å². The molecule has 0 aliphatic heterocycles. The molecule has 0 fully saturated rings. The molecule has 1 aromatic carbocycles. The third kappa shape index (κ3) is 2.96. The number of hydrogen-bond acceptors (Lipinski definition) is 4. The lowest BCUT2D eigenvalue weighted by atomic mass is 10.1. The molecule has 2 N–H and O–H groups in total. The lowest BCUT2D eigenvalue weighted by molar-refractivity contribution is 0.0697. The first-order valence-corrected chi connectivity index (χ1v) is 7.23. The van der Waals surface area contributed by atoms with Crippen LogP contribution in [0.3, 0.4) is 0 Å². The summed E-state index contributed by atoms with van der Waals surface area (Å²) < 4.78 is 15.0. The van der Waals surface area contributed by atoms with Gasteiger partial charge in [0.2, 0.25) is 0 Å². The van der Waals surface area contributed by atoms with Crippen LogP contribution in [0, 0.1) is 19.7 Å². The number of aromatic carboxylic acids is 1. The van der Waals surface area contributed by atoms with E-state index in [9.17, 15) is 14.3 Å². The molecular weight excluding hydrogens is 311 g/mol. The van der Waals surface area contributed by atoms with Gasteiger partial charge in [0.05, 0.1) is 28.8 Å². The molecule has 0 unspecified atom stereocenters. The van der Waals surface area contributed by atoms with E-state index in [2.05, 4.69) is 15.4 Å². The van der Waals surface area contributed by atoms with Gasteiger partial charge in [-0.1, -0.05) is 0 Å². The molecule has 0 saturated carbocycles. The van der Waals surface area contributed by atoms with Crippen molar-refractivity contribution >= 4 is 17.5 Å². The molecule has 0 saturated heterocycles. The number of nitrogens with one attached hydrogen (secondary N) is 1. The molecule has 0 spiro atoms. The first kappa shape index (κ1) is 15.7. The lowest BCUT2D eigenvalue weighted by Gasteiger charge is -2.13. The van der Waals surface area contributed by atoms with E-state index in [-0.39, 0.29) is 11.3 Å². The molecule has 3 aromatic rings. The highest BCUT2D eigenvalue weighted by Crippen LogP contribution is 2.25. The van der Waals surface area contributed by atoms with Gasteiger partial charge < -0.3 is 10.4 Å². The largest absolute Gasteiger partial charge is 0.478 e. The van der Waals surface area contributed by atoms with Crippen LogP contribution in [-0.4, -0.2) is 25.8 Å². The van der Waals surface area contributed by atoms with Gasteiger partial charge in [-0.3, -0.25) is 4.98 Å². The number of halogens is 1. The fourth-order valence-corrected chi connectivity index (χ4v) is 2.39. The molecular formula is C17H15FN4O2. The van der Waals surface area contributed by atoms with Crippen LogP contribution >= 0.6 is 0 Å². The predicted octanol–water partition coefficient (Wildman–Crippen LogP) is 3.47.